The van der Waals surface area contributed by atoms with Crippen LogP contribution in [0.4, 0.5) is 0 Å². The minimum atomic E-state index is -3.21. The zero-order valence-corrected chi connectivity index (χ0v) is 15.3. The van der Waals surface area contributed by atoms with Crippen molar-refractivity contribution in [2.45, 2.75) is 32.4 Å². The lowest BCUT2D eigenvalue weighted by Crippen LogP contribution is -2.50. The van der Waals surface area contributed by atoms with Crippen LogP contribution in [0.3, 0.4) is 0 Å². The van der Waals surface area contributed by atoms with E-state index in [2.05, 4.69) is 4.72 Å². The smallest absolute Gasteiger partial charge is 0.237 e. The first-order valence-corrected chi connectivity index (χ1v) is 10.3. The van der Waals surface area contributed by atoms with Crippen LogP contribution in [0.25, 0.3) is 0 Å². The number of piperidine rings is 1. The van der Waals surface area contributed by atoms with Crippen LogP contribution in [0.2, 0.25) is 0 Å². The highest BCUT2D eigenvalue weighted by molar-refractivity contribution is 7.88. The molecule has 1 aliphatic heterocycles. The predicted octanol–water partition coefficient (Wildman–Crippen LogP) is 1.05. The van der Waals surface area contributed by atoms with Gasteiger partial charge in [-0.25, -0.2) is 13.1 Å². The number of nitrogens with one attached hydrogen (secondary N) is 1. The number of amides is 1. The van der Waals surface area contributed by atoms with Crippen molar-refractivity contribution in [1.82, 2.24) is 14.5 Å². The number of nitrogens with zero attached hydrogens (tertiary/aromatic N) is 2. The summed E-state index contributed by atoms with van der Waals surface area (Å²) in [6.45, 7) is 4.99. The lowest BCUT2D eigenvalue weighted by Gasteiger charge is -2.33. The van der Waals surface area contributed by atoms with E-state index in [4.69, 9.17) is 0 Å². The summed E-state index contributed by atoms with van der Waals surface area (Å²) in [7, 11) is -3.21. The Kier molecular flexibility index (Phi) is 6.77. The zero-order valence-electron chi connectivity index (χ0n) is 14.4. The Morgan fingerprint density at radius 1 is 1.33 bits per heavy atom. The molecule has 1 aliphatic rings. The van der Waals surface area contributed by atoms with Gasteiger partial charge in [0.2, 0.25) is 15.9 Å². The zero-order chi connectivity index (χ0) is 17.6. The molecule has 1 N–H and O–H groups in total. The minimum Gasteiger partial charge on any atom is -0.338 e. The number of likely N-dealkylation sites (tertiary alicyclic amines) is 1. The van der Waals surface area contributed by atoms with E-state index in [1.54, 1.807) is 0 Å². The van der Waals surface area contributed by atoms with Crippen LogP contribution >= 0.6 is 0 Å². The summed E-state index contributed by atoms with van der Waals surface area (Å²) in [6.07, 6.45) is 2.89. The number of hydrogen-bond acceptors (Lipinski definition) is 4. The Hall–Kier alpha value is -1.44. The second kappa shape index (κ2) is 8.60. The lowest BCUT2D eigenvalue weighted by atomic mass is 10.1. The van der Waals surface area contributed by atoms with E-state index in [1.165, 1.54) is 6.26 Å². The third-order valence-electron chi connectivity index (χ3n) is 4.20. The molecule has 1 saturated heterocycles. The lowest BCUT2D eigenvalue weighted by molar-refractivity contribution is -0.133. The molecule has 0 aliphatic carbocycles. The third kappa shape index (κ3) is 6.22. The summed E-state index contributed by atoms with van der Waals surface area (Å²) in [6, 6.07) is 9.83. The van der Waals surface area contributed by atoms with E-state index in [0.29, 0.717) is 26.2 Å². The molecule has 1 heterocycles. The van der Waals surface area contributed by atoms with Crippen molar-refractivity contribution in [3.05, 3.63) is 35.9 Å². The average Bonchev–Trinajstić information content (AvgIpc) is 2.52. The molecule has 7 heteroatoms. The number of carbonyl (C=O) groups excluding carboxylic acids is 1. The van der Waals surface area contributed by atoms with Crippen molar-refractivity contribution in [2.75, 3.05) is 32.4 Å². The van der Waals surface area contributed by atoms with Gasteiger partial charge in [0.05, 0.1) is 12.8 Å². The Morgan fingerprint density at radius 2 is 2.04 bits per heavy atom. The molecule has 6 nitrogen and oxygen atoms in total. The molecule has 1 amide bonds. The molecule has 0 radical (unpaired) electrons. The fourth-order valence-corrected chi connectivity index (χ4v) is 3.87. The fraction of sp³-hybridized carbons (Fsp3) is 0.588. The summed E-state index contributed by atoms with van der Waals surface area (Å²) in [5, 5.41) is 0. The van der Waals surface area contributed by atoms with Gasteiger partial charge in [-0.2, -0.15) is 0 Å². The number of rotatable bonds is 7. The van der Waals surface area contributed by atoms with Crippen LogP contribution in [0.5, 0.6) is 0 Å². The Balaban J connectivity index is 1.89. The summed E-state index contributed by atoms with van der Waals surface area (Å²) < 4.78 is 25.4. The maximum Gasteiger partial charge on any atom is 0.237 e. The summed E-state index contributed by atoms with van der Waals surface area (Å²) >= 11 is 0. The van der Waals surface area contributed by atoms with Gasteiger partial charge in [-0.1, -0.05) is 30.3 Å². The number of carbonyl (C=O) groups is 1. The Labute approximate surface area is 144 Å². The number of benzene rings is 1. The van der Waals surface area contributed by atoms with E-state index in [1.807, 2.05) is 47.1 Å². The molecule has 0 aromatic heterocycles. The predicted molar refractivity (Wildman–Crippen MR) is 95.0 cm³/mol. The topological polar surface area (TPSA) is 69.7 Å². The van der Waals surface area contributed by atoms with Crippen LogP contribution in [0, 0.1) is 0 Å². The molecular weight excluding hydrogens is 326 g/mol. The van der Waals surface area contributed by atoms with Crippen molar-refractivity contribution in [2.24, 2.45) is 0 Å². The summed E-state index contributed by atoms with van der Waals surface area (Å²) in [5.41, 5.74) is 1.11. The van der Waals surface area contributed by atoms with Gasteiger partial charge in [-0.3, -0.25) is 9.69 Å². The molecule has 1 atom stereocenters. The molecule has 134 valence electrons. The van der Waals surface area contributed by atoms with Gasteiger partial charge >= 0.3 is 0 Å². The van der Waals surface area contributed by atoms with E-state index < -0.39 is 10.0 Å². The van der Waals surface area contributed by atoms with E-state index in [9.17, 15) is 13.2 Å². The molecule has 0 saturated carbocycles. The standard InChI is InChI=1S/C17H27N3O3S/c1-3-20(12-15-8-5-4-6-9-15)17(21)14-19-11-7-10-16(13-19)18-24(2,22)23/h4-6,8-9,16,18H,3,7,10-14H2,1-2H3. The van der Waals surface area contributed by atoms with Gasteiger partial charge < -0.3 is 4.90 Å². The molecule has 0 spiro atoms. The summed E-state index contributed by atoms with van der Waals surface area (Å²) in [4.78, 5) is 16.5. The SMILES string of the molecule is CCN(Cc1ccccc1)C(=O)CN1CCCC(NS(C)(=O)=O)C1. The van der Waals surface area contributed by atoms with Gasteiger partial charge in [0.15, 0.2) is 0 Å². The maximum absolute atomic E-state index is 12.6. The van der Waals surface area contributed by atoms with Crippen LogP contribution < -0.4 is 4.72 Å². The van der Waals surface area contributed by atoms with Crippen LogP contribution in [0.15, 0.2) is 30.3 Å². The second-order valence-electron chi connectivity index (χ2n) is 6.36. The third-order valence-corrected chi connectivity index (χ3v) is 4.96. The Bertz CT molecular complexity index is 634. The van der Waals surface area contributed by atoms with Crippen molar-refractivity contribution < 1.29 is 13.2 Å². The average molecular weight is 353 g/mol. The molecule has 1 unspecified atom stereocenters. The van der Waals surface area contributed by atoms with Crippen LogP contribution in [-0.4, -0.2) is 62.6 Å². The number of likely N-dealkylation sites (N-methyl/N-ethyl adjacent to an activating group) is 1. The maximum atomic E-state index is 12.6. The molecule has 0 bridgehead atoms. The van der Waals surface area contributed by atoms with Gasteiger partial charge in [0.25, 0.3) is 0 Å². The van der Waals surface area contributed by atoms with Gasteiger partial charge in [-0.15, -0.1) is 0 Å². The molecular formula is C17H27N3O3S. The number of hydrogen-bond donors (Lipinski definition) is 1. The van der Waals surface area contributed by atoms with Crippen molar-refractivity contribution >= 4 is 15.9 Å². The number of sulfonamides is 1. The first kappa shape index (κ1) is 18.9. The fourth-order valence-electron chi connectivity index (χ4n) is 3.07. The van der Waals surface area contributed by atoms with Crippen LogP contribution in [0.1, 0.15) is 25.3 Å². The molecule has 24 heavy (non-hydrogen) atoms. The van der Waals surface area contributed by atoms with Crippen molar-refractivity contribution in [1.29, 1.82) is 0 Å². The van der Waals surface area contributed by atoms with E-state index >= 15 is 0 Å². The largest absolute Gasteiger partial charge is 0.338 e. The minimum absolute atomic E-state index is 0.0846. The highest BCUT2D eigenvalue weighted by Gasteiger charge is 2.25. The van der Waals surface area contributed by atoms with E-state index in [0.717, 1.165) is 24.9 Å². The van der Waals surface area contributed by atoms with Gasteiger partial charge in [-0.05, 0) is 31.9 Å². The highest BCUT2D eigenvalue weighted by Crippen LogP contribution is 2.12. The first-order valence-electron chi connectivity index (χ1n) is 8.38. The van der Waals surface area contributed by atoms with Gasteiger partial charge in [0.1, 0.15) is 0 Å². The van der Waals surface area contributed by atoms with Gasteiger partial charge in [0, 0.05) is 25.7 Å². The molecule has 1 fully saturated rings. The van der Waals surface area contributed by atoms with Crippen molar-refractivity contribution in [3.63, 3.8) is 0 Å². The quantitative estimate of drug-likeness (QED) is 0.795. The highest BCUT2D eigenvalue weighted by atomic mass is 32.2. The normalized spacial score (nSPS) is 19.2. The summed E-state index contributed by atoms with van der Waals surface area (Å²) in [5.74, 6) is 0.0846. The molecule has 2 rings (SSSR count). The Morgan fingerprint density at radius 3 is 2.67 bits per heavy atom. The molecule has 1 aromatic carbocycles. The van der Waals surface area contributed by atoms with Crippen molar-refractivity contribution in [3.8, 4) is 0 Å². The molecule has 1 aromatic rings. The monoisotopic (exact) mass is 353 g/mol. The van der Waals surface area contributed by atoms with Crippen LogP contribution in [-0.2, 0) is 21.4 Å². The van der Waals surface area contributed by atoms with E-state index in [-0.39, 0.29) is 11.9 Å². The first-order chi connectivity index (χ1) is 11.4. The second-order valence-corrected chi connectivity index (χ2v) is 8.14.